The fraction of sp³-hybridized carbons (Fsp3) is 0.409. The highest BCUT2D eigenvalue weighted by molar-refractivity contribution is 9.10. The van der Waals surface area contributed by atoms with Gasteiger partial charge in [-0.05, 0) is 48.5 Å². The first kappa shape index (κ1) is 23.6. The van der Waals surface area contributed by atoms with E-state index in [0.29, 0.717) is 5.75 Å². The van der Waals surface area contributed by atoms with Gasteiger partial charge in [0.15, 0.2) is 6.61 Å². The van der Waals surface area contributed by atoms with Crippen molar-refractivity contribution in [1.29, 1.82) is 0 Å². The van der Waals surface area contributed by atoms with Gasteiger partial charge in [0.1, 0.15) is 5.75 Å². The van der Waals surface area contributed by atoms with E-state index in [1.165, 1.54) is 12.1 Å². The van der Waals surface area contributed by atoms with Gasteiger partial charge in [0.25, 0.3) is 5.91 Å². The highest BCUT2D eigenvalue weighted by atomic mass is 79.9. The number of ether oxygens (including phenoxy) is 1. The van der Waals surface area contributed by atoms with Crippen LogP contribution in [0.5, 0.6) is 5.75 Å². The van der Waals surface area contributed by atoms with Crippen LogP contribution >= 0.6 is 15.9 Å². The van der Waals surface area contributed by atoms with E-state index in [9.17, 15) is 18.0 Å². The molecule has 1 fully saturated rings. The van der Waals surface area contributed by atoms with Crippen molar-refractivity contribution in [2.75, 3.05) is 44.6 Å². The van der Waals surface area contributed by atoms with Crippen molar-refractivity contribution in [3.8, 4) is 5.75 Å². The predicted octanol–water partition coefficient (Wildman–Crippen LogP) is 4.62. The Morgan fingerprint density at radius 3 is 2.32 bits per heavy atom. The van der Waals surface area contributed by atoms with Gasteiger partial charge in [0.2, 0.25) is 0 Å². The van der Waals surface area contributed by atoms with Crippen LogP contribution in [0.3, 0.4) is 0 Å². The molecule has 0 spiro atoms. The molecule has 0 atom stereocenters. The summed E-state index contributed by atoms with van der Waals surface area (Å²) >= 11 is 3.30. The molecule has 0 unspecified atom stereocenters. The molecule has 31 heavy (non-hydrogen) atoms. The number of nitrogens with one attached hydrogen (secondary N) is 1. The lowest BCUT2D eigenvalue weighted by Gasteiger charge is -2.34. The first-order chi connectivity index (χ1) is 14.7. The van der Waals surface area contributed by atoms with Gasteiger partial charge in [-0.2, -0.15) is 13.2 Å². The van der Waals surface area contributed by atoms with Gasteiger partial charge in [-0.15, -0.1) is 0 Å². The van der Waals surface area contributed by atoms with Gasteiger partial charge < -0.3 is 15.0 Å². The Balaban J connectivity index is 1.63. The van der Waals surface area contributed by atoms with E-state index < -0.39 is 17.6 Å². The highest BCUT2D eigenvalue weighted by Gasteiger charge is 2.34. The van der Waals surface area contributed by atoms with Gasteiger partial charge in [0.05, 0.1) is 5.56 Å². The molecule has 2 aromatic carbocycles. The SMILES string of the molecule is CCN1CCN(Cc2ccc(NC(=O)COc3ccc(Br)cc3)cc2C(F)(F)F)CC1. The first-order valence-electron chi connectivity index (χ1n) is 10.1. The lowest BCUT2D eigenvalue weighted by molar-refractivity contribution is -0.138. The fourth-order valence-corrected chi connectivity index (χ4v) is 3.70. The molecule has 0 aliphatic carbocycles. The minimum atomic E-state index is -4.50. The molecule has 168 valence electrons. The van der Waals surface area contributed by atoms with Crippen LogP contribution in [-0.4, -0.2) is 55.0 Å². The number of hydrogen-bond acceptors (Lipinski definition) is 4. The quantitative estimate of drug-likeness (QED) is 0.603. The summed E-state index contributed by atoms with van der Waals surface area (Å²) in [5, 5.41) is 2.49. The molecule has 2 aromatic rings. The van der Waals surface area contributed by atoms with Gasteiger partial charge in [0, 0.05) is 42.9 Å². The number of anilines is 1. The van der Waals surface area contributed by atoms with Crippen LogP contribution in [0.25, 0.3) is 0 Å². The second-order valence-electron chi connectivity index (χ2n) is 7.37. The van der Waals surface area contributed by atoms with Crippen molar-refractivity contribution in [2.24, 2.45) is 0 Å². The Labute approximate surface area is 188 Å². The average Bonchev–Trinajstić information content (AvgIpc) is 2.74. The number of nitrogens with zero attached hydrogens (tertiary/aromatic N) is 2. The lowest BCUT2D eigenvalue weighted by atomic mass is 10.0. The molecule has 0 radical (unpaired) electrons. The summed E-state index contributed by atoms with van der Waals surface area (Å²) in [5.74, 6) is -0.0349. The summed E-state index contributed by atoms with van der Waals surface area (Å²) in [6, 6.07) is 10.9. The largest absolute Gasteiger partial charge is 0.484 e. The second kappa shape index (κ2) is 10.5. The van der Waals surface area contributed by atoms with E-state index in [4.69, 9.17) is 4.74 Å². The highest BCUT2D eigenvalue weighted by Crippen LogP contribution is 2.34. The molecule has 9 heteroatoms. The van der Waals surface area contributed by atoms with Crippen LogP contribution in [0.1, 0.15) is 18.1 Å². The number of rotatable bonds is 7. The van der Waals surface area contributed by atoms with Crippen LogP contribution < -0.4 is 10.1 Å². The maximum absolute atomic E-state index is 13.7. The Bertz CT molecular complexity index is 883. The molecule has 0 saturated carbocycles. The smallest absolute Gasteiger partial charge is 0.416 e. The maximum Gasteiger partial charge on any atom is 0.416 e. The number of carbonyl (C=O) groups excluding carboxylic acids is 1. The molecule has 5 nitrogen and oxygen atoms in total. The molecule has 0 aromatic heterocycles. The van der Waals surface area contributed by atoms with Gasteiger partial charge in [-0.3, -0.25) is 9.69 Å². The van der Waals surface area contributed by atoms with Gasteiger partial charge in [-0.25, -0.2) is 0 Å². The van der Waals surface area contributed by atoms with Crippen molar-refractivity contribution >= 4 is 27.5 Å². The Hall–Kier alpha value is -2.10. The molecule has 3 rings (SSSR count). The molecular weight excluding hydrogens is 475 g/mol. The van der Waals surface area contributed by atoms with E-state index in [2.05, 4.69) is 33.1 Å². The summed E-state index contributed by atoms with van der Waals surface area (Å²) in [5.41, 5.74) is -0.421. The van der Waals surface area contributed by atoms with E-state index in [1.54, 1.807) is 24.3 Å². The fourth-order valence-electron chi connectivity index (χ4n) is 3.44. The van der Waals surface area contributed by atoms with Crippen molar-refractivity contribution in [3.63, 3.8) is 0 Å². The zero-order valence-electron chi connectivity index (χ0n) is 17.2. The average molecular weight is 500 g/mol. The zero-order valence-corrected chi connectivity index (χ0v) is 18.8. The van der Waals surface area contributed by atoms with E-state index in [-0.39, 0.29) is 24.4 Å². The van der Waals surface area contributed by atoms with Crippen LogP contribution in [0, 0.1) is 0 Å². The number of benzene rings is 2. The number of halogens is 4. The Kier molecular flexibility index (Phi) is 7.96. The third kappa shape index (κ3) is 6.95. The minimum Gasteiger partial charge on any atom is -0.484 e. The maximum atomic E-state index is 13.7. The van der Waals surface area contributed by atoms with Crippen LogP contribution in [-0.2, 0) is 17.5 Å². The summed E-state index contributed by atoms with van der Waals surface area (Å²) in [6.07, 6.45) is -4.50. The van der Waals surface area contributed by atoms with Gasteiger partial charge >= 0.3 is 6.18 Å². The lowest BCUT2D eigenvalue weighted by Crippen LogP contribution is -2.45. The topological polar surface area (TPSA) is 44.8 Å². The van der Waals surface area contributed by atoms with Crippen LogP contribution in [0.2, 0.25) is 0 Å². The van der Waals surface area contributed by atoms with E-state index >= 15 is 0 Å². The predicted molar refractivity (Wildman–Crippen MR) is 117 cm³/mol. The zero-order chi connectivity index (χ0) is 22.4. The molecule has 1 N–H and O–H groups in total. The summed E-state index contributed by atoms with van der Waals surface area (Å²) in [4.78, 5) is 16.4. The third-order valence-corrected chi connectivity index (χ3v) is 5.72. The Morgan fingerprint density at radius 1 is 1.06 bits per heavy atom. The molecule has 1 heterocycles. The number of amides is 1. The third-order valence-electron chi connectivity index (χ3n) is 5.19. The number of piperazine rings is 1. The number of likely N-dealkylation sites (N-methyl/N-ethyl adjacent to an activating group) is 1. The second-order valence-corrected chi connectivity index (χ2v) is 8.29. The summed E-state index contributed by atoms with van der Waals surface area (Å²) < 4.78 is 47.3. The van der Waals surface area contributed by atoms with Gasteiger partial charge in [-0.1, -0.05) is 28.9 Å². The molecule has 0 bridgehead atoms. The number of hydrogen-bond donors (Lipinski definition) is 1. The van der Waals surface area contributed by atoms with Crippen LogP contribution in [0.4, 0.5) is 18.9 Å². The van der Waals surface area contributed by atoms with Crippen LogP contribution in [0.15, 0.2) is 46.9 Å². The number of alkyl halides is 3. The van der Waals surface area contributed by atoms with Crippen molar-refractivity contribution in [2.45, 2.75) is 19.6 Å². The summed E-state index contributed by atoms with van der Waals surface area (Å²) in [7, 11) is 0. The summed E-state index contributed by atoms with van der Waals surface area (Å²) in [6.45, 7) is 6.12. The van der Waals surface area contributed by atoms with Crippen molar-refractivity contribution in [3.05, 3.63) is 58.1 Å². The number of carbonyl (C=O) groups is 1. The van der Waals surface area contributed by atoms with Crippen molar-refractivity contribution in [1.82, 2.24) is 9.80 Å². The standard InChI is InChI=1S/C22H25BrF3N3O2/c1-2-28-9-11-29(12-10-28)14-16-3-6-18(13-20(16)22(24,25)26)27-21(30)15-31-19-7-4-17(23)5-8-19/h3-8,13H,2,9-12,14-15H2,1H3,(H,27,30). The van der Waals surface area contributed by atoms with E-state index in [1.807, 2.05) is 4.90 Å². The molecule has 1 amide bonds. The van der Waals surface area contributed by atoms with E-state index in [0.717, 1.165) is 43.3 Å². The normalized spacial score (nSPS) is 15.6. The minimum absolute atomic E-state index is 0.0938. The first-order valence-corrected chi connectivity index (χ1v) is 10.9. The van der Waals surface area contributed by atoms with Crippen molar-refractivity contribution < 1.29 is 22.7 Å². The molecule has 1 saturated heterocycles. The molecule has 1 aliphatic rings. The molecule has 1 aliphatic heterocycles. The monoisotopic (exact) mass is 499 g/mol. The Morgan fingerprint density at radius 2 is 1.71 bits per heavy atom. The molecular formula is C22H25BrF3N3O2.